The van der Waals surface area contributed by atoms with E-state index in [0.717, 1.165) is 24.2 Å². The van der Waals surface area contributed by atoms with E-state index in [0.29, 0.717) is 11.8 Å². The van der Waals surface area contributed by atoms with Crippen molar-refractivity contribution in [3.8, 4) is 0 Å². The molecule has 8 rings (SSSR count). The summed E-state index contributed by atoms with van der Waals surface area (Å²) in [6.07, 6.45) is 7.25. The summed E-state index contributed by atoms with van der Waals surface area (Å²) in [5, 5.41) is 18.2. The predicted octanol–water partition coefficient (Wildman–Crippen LogP) is 14.1. The van der Waals surface area contributed by atoms with Crippen molar-refractivity contribution in [1.82, 2.24) is 0 Å². The second kappa shape index (κ2) is 21.6. The average molecular weight is 1160 g/mol. The van der Waals surface area contributed by atoms with Crippen LogP contribution in [-0.2, 0) is 0 Å². The Hall–Kier alpha value is -3.42. The van der Waals surface area contributed by atoms with Crippen LogP contribution in [0.2, 0.25) is 157 Å². The number of allylic oxidation sites excluding steroid dienone is 2. The molecule has 412 valence electrons. The molecular weight excluding hydrogens is 1050 g/mol. The molecule has 0 aromatic heterocycles. The van der Waals surface area contributed by atoms with E-state index in [-0.39, 0.29) is 11.0 Å². The maximum Gasteiger partial charge on any atom is 0.0785 e. The van der Waals surface area contributed by atoms with Crippen molar-refractivity contribution in [2.75, 3.05) is 11.5 Å². The molecule has 0 saturated heterocycles. The summed E-state index contributed by atoms with van der Waals surface area (Å²) >= 11 is 0. The van der Waals surface area contributed by atoms with E-state index in [2.05, 4.69) is 254 Å². The average Bonchev–Trinajstić information content (AvgIpc) is 3.25. The van der Waals surface area contributed by atoms with Crippen LogP contribution in [0.15, 0.2) is 97.1 Å². The zero-order chi connectivity index (χ0) is 55.4. The number of fused-ring (bicyclic) bond motifs is 4. The minimum atomic E-state index is -1.59. The summed E-state index contributed by atoms with van der Waals surface area (Å²) in [5.74, 6) is 0.614. The Labute approximate surface area is 470 Å². The fourth-order valence-electron chi connectivity index (χ4n) is 11.9. The van der Waals surface area contributed by atoms with Gasteiger partial charge in [-0.3, -0.25) is 0 Å². The third-order valence-electron chi connectivity index (χ3n) is 16.4. The van der Waals surface area contributed by atoms with Gasteiger partial charge in [-0.1, -0.05) is 284 Å². The Bertz CT molecular complexity index is 3010. The van der Waals surface area contributed by atoms with Crippen LogP contribution in [0, 0.1) is 0 Å². The molecule has 0 heterocycles. The normalized spacial score (nSPS) is 16.6. The first-order chi connectivity index (χ1) is 33.6. The van der Waals surface area contributed by atoms with E-state index < -0.39 is 64.6 Å². The second-order valence-electron chi connectivity index (χ2n) is 30.8. The molecule has 6 aromatic rings. The van der Waals surface area contributed by atoms with Crippen LogP contribution in [0.1, 0.15) is 58.1 Å². The fraction of sp³-hybridized carbons (Fsp3) is 0.438. The molecule has 2 atom stereocenters. The second-order valence-corrected chi connectivity index (χ2v) is 71.3. The van der Waals surface area contributed by atoms with Gasteiger partial charge in [0, 0.05) is 23.2 Å². The van der Waals surface area contributed by atoms with E-state index in [4.69, 9.17) is 11.5 Å². The Kier molecular flexibility index (Phi) is 18.0. The molecule has 4 nitrogen and oxygen atoms in total. The van der Waals surface area contributed by atoms with E-state index in [9.17, 15) is 0 Å². The summed E-state index contributed by atoms with van der Waals surface area (Å²) in [6, 6.07) is 34.4. The van der Waals surface area contributed by atoms with Gasteiger partial charge < -0.3 is 22.4 Å². The molecule has 0 bridgehead atoms. The number of anilines is 2. The van der Waals surface area contributed by atoms with E-state index in [1.807, 2.05) is 0 Å². The number of benzene rings is 6. The molecular formula is C64H102N2O2Si8. The summed E-state index contributed by atoms with van der Waals surface area (Å²) in [4.78, 5) is 0. The number of rotatable bonds is 10. The van der Waals surface area contributed by atoms with E-state index in [1.54, 1.807) is 31.1 Å². The van der Waals surface area contributed by atoms with Gasteiger partial charge in [-0.25, -0.2) is 0 Å². The molecule has 8 N–H and O–H groups in total. The van der Waals surface area contributed by atoms with Gasteiger partial charge in [-0.2, -0.15) is 0 Å². The zero-order valence-corrected chi connectivity index (χ0v) is 60.0. The van der Waals surface area contributed by atoms with Gasteiger partial charge in [-0.05, 0) is 79.9 Å². The molecule has 6 aromatic carbocycles. The van der Waals surface area contributed by atoms with Gasteiger partial charge in [0.05, 0.1) is 64.6 Å². The van der Waals surface area contributed by atoms with Crippen molar-refractivity contribution in [3.05, 3.63) is 130 Å². The third kappa shape index (κ3) is 12.9. The van der Waals surface area contributed by atoms with Crippen LogP contribution in [-0.4, -0.2) is 75.5 Å². The lowest BCUT2D eigenvalue weighted by Crippen LogP contribution is -2.41. The van der Waals surface area contributed by atoms with E-state index in [1.165, 1.54) is 65.3 Å². The quantitative estimate of drug-likeness (QED) is 0.105. The highest BCUT2D eigenvalue weighted by Crippen LogP contribution is 2.47. The number of hydrogen-bond donors (Lipinski definition) is 2. The lowest BCUT2D eigenvalue weighted by atomic mass is 9.79. The molecule has 0 saturated carbocycles. The largest absolute Gasteiger partial charge is 0.412 e. The third-order valence-corrected chi connectivity index (χ3v) is 32.8. The number of hydrogen-bond acceptors (Lipinski definition) is 2. The summed E-state index contributed by atoms with van der Waals surface area (Å²) in [6.45, 7) is 59.2. The van der Waals surface area contributed by atoms with Crippen LogP contribution in [0.3, 0.4) is 0 Å². The number of nitrogens with two attached hydrogens (primary N) is 2. The molecule has 0 radical (unpaired) electrons. The van der Waals surface area contributed by atoms with Gasteiger partial charge in [-0.15, -0.1) is 0 Å². The molecule has 76 heavy (non-hydrogen) atoms. The van der Waals surface area contributed by atoms with Gasteiger partial charge in [0.2, 0.25) is 0 Å². The first-order valence-electron chi connectivity index (χ1n) is 28.0. The van der Waals surface area contributed by atoms with Crippen LogP contribution >= 0.6 is 0 Å². The van der Waals surface area contributed by atoms with Gasteiger partial charge in [0.1, 0.15) is 0 Å². The minimum Gasteiger partial charge on any atom is -0.412 e. The van der Waals surface area contributed by atoms with Crippen molar-refractivity contribution in [2.45, 2.75) is 182 Å². The van der Waals surface area contributed by atoms with Gasteiger partial charge >= 0.3 is 0 Å². The zero-order valence-electron chi connectivity index (χ0n) is 52.0. The minimum absolute atomic E-state index is 0. The monoisotopic (exact) mass is 1150 g/mol. The SMILES string of the molecule is C[Si](C)(C)C1=CC[C@@H](c2c(N)cc([Si](C)(C)C)c3cc([Si](C)(C)C)ccc23)c2ccc([Si](C)(C)C)cc21.C[Si](C)(C)C1=CC[C@@H](c2c(N)cc([Si](C)(C)C)c3cc([Si](C)(C)C)ccc23)c2ccc([Si](C)(C)C)cc21.O.O. The van der Waals surface area contributed by atoms with Gasteiger partial charge in [0.15, 0.2) is 0 Å². The molecule has 0 aliphatic heterocycles. The first-order valence-corrected chi connectivity index (χ1v) is 56.0. The molecule has 0 spiro atoms. The van der Waals surface area contributed by atoms with Gasteiger partial charge in [0.25, 0.3) is 0 Å². The Morgan fingerprint density at radius 1 is 0.316 bits per heavy atom. The fourth-order valence-corrected chi connectivity index (χ4v) is 23.3. The van der Waals surface area contributed by atoms with Crippen molar-refractivity contribution < 1.29 is 11.0 Å². The maximum absolute atomic E-state index is 7.04. The highest BCUT2D eigenvalue weighted by Gasteiger charge is 2.36. The van der Waals surface area contributed by atoms with Crippen LogP contribution in [0.25, 0.3) is 31.9 Å². The Balaban J connectivity index is 0.000000274. The highest BCUT2D eigenvalue weighted by molar-refractivity contribution is 6.95. The van der Waals surface area contributed by atoms with Crippen molar-refractivity contribution >= 4 is 139 Å². The topological polar surface area (TPSA) is 115 Å². The maximum atomic E-state index is 7.04. The summed E-state index contributed by atoms with van der Waals surface area (Å²) in [7, 11) is -11.9. The van der Waals surface area contributed by atoms with Crippen molar-refractivity contribution in [3.63, 3.8) is 0 Å². The highest BCUT2D eigenvalue weighted by atomic mass is 28.3. The lowest BCUT2D eigenvalue weighted by Gasteiger charge is -2.35. The first kappa shape index (κ1) is 63.4. The smallest absolute Gasteiger partial charge is 0.0785 e. The lowest BCUT2D eigenvalue weighted by molar-refractivity contribution is 0.823. The Morgan fingerprint density at radius 2 is 0.592 bits per heavy atom. The molecule has 12 heteroatoms. The van der Waals surface area contributed by atoms with Crippen LogP contribution < -0.4 is 42.6 Å². The molecule has 0 fully saturated rings. The van der Waals surface area contributed by atoms with Crippen molar-refractivity contribution in [2.24, 2.45) is 0 Å². The summed E-state index contributed by atoms with van der Waals surface area (Å²) < 4.78 is 0. The molecule has 2 aliphatic rings. The predicted molar refractivity (Wildman–Crippen MR) is 370 cm³/mol. The summed E-state index contributed by atoms with van der Waals surface area (Å²) in [5.41, 5.74) is 24.8. The van der Waals surface area contributed by atoms with Crippen molar-refractivity contribution in [1.29, 1.82) is 0 Å². The van der Waals surface area contributed by atoms with E-state index >= 15 is 0 Å². The Morgan fingerprint density at radius 3 is 0.855 bits per heavy atom. The van der Waals surface area contributed by atoms with Crippen LogP contribution in [0.5, 0.6) is 0 Å². The van der Waals surface area contributed by atoms with Crippen LogP contribution in [0.4, 0.5) is 11.4 Å². The molecule has 0 unspecified atom stereocenters. The standard InChI is InChI=1S/2C32H49NSi4.2H2O/c2*1-34(2,3)22-13-15-24-25(17-18-30(27(24)19-22)36(7,8)9)32-26-16-14-23(35(4,5)6)20-28(26)31(21-29(32)33)37(10,11)12;;/h2*13-16,18-21,25H,17,33H2,1-12H3;2*1H2/t2*25-;;/m11../s1. The molecule has 0 amide bonds. The molecule has 2 aliphatic carbocycles. The number of nitrogen functional groups attached to an aromatic ring is 2.